The SMILES string of the molecule is COc1ccc(OC)c(Oc2ccc([N+](=O)[O-])cc2)c1. The molecule has 2 rings (SSSR count). The molecular weight excluding hydrogens is 262 g/mol. The Kier molecular flexibility index (Phi) is 4.05. The van der Waals surface area contributed by atoms with Crippen molar-refractivity contribution in [3.05, 3.63) is 52.6 Å². The van der Waals surface area contributed by atoms with E-state index in [1.165, 1.54) is 31.4 Å². The molecule has 0 aliphatic rings. The van der Waals surface area contributed by atoms with Gasteiger partial charge in [-0.2, -0.15) is 0 Å². The second-order valence-corrected chi connectivity index (χ2v) is 3.87. The molecule has 0 radical (unpaired) electrons. The predicted molar refractivity (Wildman–Crippen MR) is 72.7 cm³/mol. The number of hydrogen-bond acceptors (Lipinski definition) is 5. The van der Waals surface area contributed by atoms with E-state index in [0.717, 1.165) is 0 Å². The van der Waals surface area contributed by atoms with Crippen LogP contribution in [0.15, 0.2) is 42.5 Å². The van der Waals surface area contributed by atoms with Gasteiger partial charge < -0.3 is 14.2 Å². The van der Waals surface area contributed by atoms with Gasteiger partial charge in [-0.15, -0.1) is 0 Å². The Balaban J connectivity index is 2.26. The van der Waals surface area contributed by atoms with E-state index in [1.807, 2.05) is 0 Å². The first-order valence-corrected chi connectivity index (χ1v) is 5.78. The number of benzene rings is 2. The molecule has 0 saturated heterocycles. The Morgan fingerprint density at radius 3 is 2.10 bits per heavy atom. The second kappa shape index (κ2) is 5.92. The van der Waals surface area contributed by atoms with Crippen LogP contribution in [0, 0.1) is 10.1 Å². The fourth-order valence-electron chi connectivity index (χ4n) is 1.63. The highest BCUT2D eigenvalue weighted by atomic mass is 16.6. The molecule has 20 heavy (non-hydrogen) atoms. The summed E-state index contributed by atoms with van der Waals surface area (Å²) in [7, 11) is 3.09. The van der Waals surface area contributed by atoms with Crippen molar-refractivity contribution >= 4 is 5.69 Å². The zero-order valence-corrected chi connectivity index (χ0v) is 11.0. The topological polar surface area (TPSA) is 70.8 Å². The van der Waals surface area contributed by atoms with Gasteiger partial charge >= 0.3 is 0 Å². The molecule has 0 saturated carbocycles. The van der Waals surface area contributed by atoms with Gasteiger partial charge in [0.25, 0.3) is 5.69 Å². The molecule has 104 valence electrons. The van der Waals surface area contributed by atoms with Crippen LogP contribution in [-0.2, 0) is 0 Å². The van der Waals surface area contributed by atoms with Gasteiger partial charge in [0.15, 0.2) is 11.5 Å². The second-order valence-electron chi connectivity index (χ2n) is 3.87. The minimum absolute atomic E-state index is 0.00922. The number of non-ortho nitro benzene ring substituents is 1. The van der Waals surface area contributed by atoms with Gasteiger partial charge in [-0.1, -0.05) is 0 Å². The third-order valence-electron chi connectivity index (χ3n) is 2.65. The molecule has 0 heterocycles. The molecule has 2 aromatic rings. The third-order valence-corrected chi connectivity index (χ3v) is 2.65. The Morgan fingerprint density at radius 2 is 1.55 bits per heavy atom. The molecule has 0 aliphatic heterocycles. The van der Waals surface area contributed by atoms with E-state index in [-0.39, 0.29) is 5.69 Å². The number of nitro groups is 1. The zero-order chi connectivity index (χ0) is 14.5. The molecule has 6 heteroatoms. The van der Waals surface area contributed by atoms with Gasteiger partial charge in [0.2, 0.25) is 0 Å². The first-order valence-electron chi connectivity index (χ1n) is 5.78. The van der Waals surface area contributed by atoms with E-state index < -0.39 is 4.92 Å². The van der Waals surface area contributed by atoms with E-state index in [9.17, 15) is 10.1 Å². The van der Waals surface area contributed by atoms with Crippen molar-refractivity contribution in [3.63, 3.8) is 0 Å². The maximum atomic E-state index is 10.6. The van der Waals surface area contributed by atoms with E-state index in [4.69, 9.17) is 14.2 Å². The molecule has 0 amide bonds. The lowest BCUT2D eigenvalue weighted by molar-refractivity contribution is -0.384. The summed E-state index contributed by atoms with van der Waals surface area (Å²) < 4.78 is 16.0. The lowest BCUT2D eigenvalue weighted by Gasteiger charge is -2.11. The molecule has 0 bridgehead atoms. The van der Waals surface area contributed by atoms with Crippen LogP contribution in [0.5, 0.6) is 23.0 Å². The van der Waals surface area contributed by atoms with E-state index in [1.54, 1.807) is 25.3 Å². The largest absolute Gasteiger partial charge is 0.497 e. The molecule has 6 nitrogen and oxygen atoms in total. The van der Waals surface area contributed by atoms with Crippen LogP contribution in [0.25, 0.3) is 0 Å². The Morgan fingerprint density at radius 1 is 0.900 bits per heavy atom. The average Bonchev–Trinajstić information content (AvgIpc) is 2.47. The normalized spacial score (nSPS) is 9.90. The van der Waals surface area contributed by atoms with E-state index >= 15 is 0 Å². The summed E-state index contributed by atoms with van der Waals surface area (Å²) in [6, 6.07) is 11.0. The van der Waals surface area contributed by atoms with Crippen LogP contribution < -0.4 is 14.2 Å². The van der Waals surface area contributed by atoms with Crippen LogP contribution in [0.4, 0.5) is 5.69 Å². The zero-order valence-electron chi connectivity index (χ0n) is 11.0. The molecule has 0 fully saturated rings. The maximum absolute atomic E-state index is 10.6. The highest BCUT2D eigenvalue weighted by molar-refractivity contribution is 5.48. The van der Waals surface area contributed by atoms with Gasteiger partial charge in [0, 0.05) is 18.2 Å². The molecule has 2 aromatic carbocycles. The quantitative estimate of drug-likeness (QED) is 0.617. The Hall–Kier alpha value is -2.76. The lowest BCUT2D eigenvalue weighted by atomic mass is 10.3. The maximum Gasteiger partial charge on any atom is 0.269 e. The predicted octanol–water partition coefficient (Wildman–Crippen LogP) is 3.40. The van der Waals surface area contributed by atoms with Crippen molar-refractivity contribution in [3.8, 4) is 23.0 Å². The van der Waals surface area contributed by atoms with Crippen molar-refractivity contribution in [2.45, 2.75) is 0 Å². The first-order chi connectivity index (χ1) is 9.63. The Labute approximate surface area is 115 Å². The Bertz CT molecular complexity index is 609. The fourth-order valence-corrected chi connectivity index (χ4v) is 1.63. The van der Waals surface area contributed by atoms with E-state index in [0.29, 0.717) is 23.0 Å². The number of methoxy groups -OCH3 is 2. The minimum Gasteiger partial charge on any atom is -0.497 e. The highest BCUT2D eigenvalue weighted by Gasteiger charge is 2.09. The van der Waals surface area contributed by atoms with Crippen molar-refractivity contribution in [2.24, 2.45) is 0 Å². The van der Waals surface area contributed by atoms with Gasteiger partial charge in [-0.3, -0.25) is 10.1 Å². The lowest BCUT2D eigenvalue weighted by Crippen LogP contribution is -1.92. The van der Waals surface area contributed by atoms with Crippen molar-refractivity contribution < 1.29 is 19.1 Å². The van der Waals surface area contributed by atoms with Crippen molar-refractivity contribution in [2.75, 3.05) is 14.2 Å². The van der Waals surface area contributed by atoms with Gasteiger partial charge in [-0.25, -0.2) is 0 Å². The standard InChI is InChI=1S/C14H13NO5/c1-18-12-7-8-13(19-2)14(9-12)20-11-5-3-10(4-6-11)15(16)17/h3-9H,1-2H3. The van der Waals surface area contributed by atoms with Gasteiger partial charge in [-0.05, 0) is 24.3 Å². The summed E-state index contributed by atoms with van der Waals surface area (Å²) in [5.74, 6) is 2.12. The first kappa shape index (κ1) is 13.7. The molecule has 0 atom stereocenters. The van der Waals surface area contributed by atoms with Crippen LogP contribution in [0.2, 0.25) is 0 Å². The van der Waals surface area contributed by atoms with Crippen LogP contribution in [-0.4, -0.2) is 19.1 Å². The van der Waals surface area contributed by atoms with Crippen LogP contribution in [0.1, 0.15) is 0 Å². The molecule has 0 unspecified atom stereocenters. The number of rotatable bonds is 5. The summed E-state index contributed by atoms with van der Waals surface area (Å²) in [5, 5.41) is 10.6. The summed E-state index contributed by atoms with van der Waals surface area (Å²) in [5.41, 5.74) is 0.00922. The molecule has 0 spiro atoms. The summed E-state index contributed by atoms with van der Waals surface area (Å²) >= 11 is 0. The molecule has 0 aromatic heterocycles. The molecule has 0 N–H and O–H groups in total. The summed E-state index contributed by atoms with van der Waals surface area (Å²) in [6.45, 7) is 0. The number of hydrogen-bond donors (Lipinski definition) is 0. The fraction of sp³-hybridized carbons (Fsp3) is 0.143. The monoisotopic (exact) mass is 275 g/mol. The van der Waals surface area contributed by atoms with Gasteiger partial charge in [0.05, 0.1) is 19.1 Å². The number of ether oxygens (including phenoxy) is 3. The smallest absolute Gasteiger partial charge is 0.269 e. The highest BCUT2D eigenvalue weighted by Crippen LogP contribution is 2.35. The number of nitrogens with zero attached hydrogens (tertiary/aromatic N) is 1. The van der Waals surface area contributed by atoms with Crippen LogP contribution in [0.3, 0.4) is 0 Å². The summed E-state index contributed by atoms with van der Waals surface area (Å²) in [4.78, 5) is 10.1. The third kappa shape index (κ3) is 2.97. The average molecular weight is 275 g/mol. The minimum atomic E-state index is -0.462. The molecule has 0 aliphatic carbocycles. The van der Waals surface area contributed by atoms with Crippen molar-refractivity contribution in [1.29, 1.82) is 0 Å². The van der Waals surface area contributed by atoms with E-state index in [2.05, 4.69) is 0 Å². The van der Waals surface area contributed by atoms with Gasteiger partial charge in [0.1, 0.15) is 11.5 Å². The van der Waals surface area contributed by atoms with Crippen molar-refractivity contribution in [1.82, 2.24) is 0 Å². The number of nitro benzene ring substituents is 1. The van der Waals surface area contributed by atoms with Crippen LogP contribution >= 0.6 is 0 Å². The molecular formula is C14H13NO5. The summed E-state index contributed by atoms with van der Waals surface area (Å²) in [6.07, 6.45) is 0.